The number of methoxy groups -OCH3 is 1. The summed E-state index contributed by atoms with van der Waals surface area (Å²) in [4.78, 5) is 1.40. The predicted octanol–water partition coefficient (Wildman–Crippen LogP) is 2.42. The first kappa shape index (κ1) is 15.7. The number of thiocarbonyl (C=S) groups is 1. The van der Waals surface area contributed by atoms with Gasteiger partial charge in [-0.2, -0.15) is 13.2 Å². The Morgan fingerprint density at radius 1 is 1.42 bits per heavy atom. The van der Waals surface area contributed by atoms with E-state index in [4.69, 9.17) is 10.5 Å². The molecule has 106 valence electrons. The van der Waals surface area contributed by atoms with Gasteiger partial charge in [0.15, 0.2) is 0 Å². The molecule has 19 heavy (non-hydrogen) atoms. The van der Waals surface area contributed by atoms with Crippen LogP contribution in [0, 0.1) is 0 Å². The summed E-state index contributed by atoms with van der Waals surface area (Å²) >= 11 is 4.64. The molecule has 0 aliphatic heterocycles. The Balaban J connectivity index is 3.15. The molecule has 0 aliphatic carbocycles. The molecule has 0 unspecified atom stereocenters. The number of benzene rings is 1. The lowest BCUT2D eigenvalue weighted by atomic mass is 10.1. The van der Waals surface area contributed by atoms with Crippen molar-refractivity contribution in [3.8, 4) is 0 Å². The monoisotopic (exact) mass is 292 g/mol. The van der Waals surface area contributed by atoms with Crippen molar-refractivity contribution in [1.29, 1.82) is 0 Å². The number of nitrogens with zero attached hydrogens (tertiary/aromatic N) is 1. The van der Waals surface area contributed by atoms with Gasteiger partial charge in [-0.05, 0) is 18.2 Å². The van der Waals surface area contributed by atoms with Crippen molar-refractivity contribution >= 4 is 22.9 Å². The Labute approximate surface area is 115 Å². The quantitative estimate of drug-likeness (QED) is 0.846. The highest BCUT2D eigenvalue weighted by atomic mass is 32.1. The van der Waals surface area contributed by atoms with E-state index < -0.39 is 11.7 Å². The molecule has 2 N–H and O–H groups in total. The predicted molar refractivity (Wildman–Crippen MR) is 72.5 cm³/mol. The summed E-state index contributed by atoms with van der Waals surface area (Å²) in [7, 11) is 3.22. The maximum Gasteiger partial charge on any atom is 0.417 e. The van der Waals surface area contributed by atoms with Gasteiger partial charge in [0.2, 0.25) is 0 Å². The molecule has 0 atom stereocenters. The summed E-state index contributed by atoms with van der Waals surface area (Å²) in [6, 6.07) is 3.90. The van der Waals surface area contributed by atoms with Crippen molar-refractivity contribution in [2.24, 2.45) is 5.73 Å². The van der Waals surface area contributed by atoms with Crippen molar-refractivity contribution in [2.45, 2.75) is 6.18 Å². The molecule has 3 nitrogen and oxygen atoms in total. The first-order valence-corrected chi connectivity index (χ1v) is 5.89. The molecule has 0 bridgehead atoms. The molecule has 0 amide bonds. The topological polar surface area (TPSA) is 38.5 Å². The second-order valence-corrected chi connectivity index (χ2v) is 4.45. The van der Waals surface area contributed by atoms with Crippen molar-refractivity contribution in [3.63, 3.8) is 0 Å². The van der Waals surface area contributed by atoms with Gasteiger partial charge >= 0.3 is 6.18 Å². The van der Waals surface area contributed by atoms with Gasteiger partial charge in [0.1, 0.15) is 4.99 Å². The minimum atomic E-state index is -4.49. The Morgan fingerprint density at radius 3 is 2.53 bits per heavy atom. The molecule has 0 spiro atoms. The van der Waals surface area contributed by atoms with Gasteiger partial charge in [-0.15, -0.1) is 0 Å². The third kappa shape index (κ3) is 4.07. The van der Waals surface area contributed by atoms with E-state index in [2.05, 4.69) is 12.2 Å². The molecule has 0 saturated carbocycles. The number of hydrogen-bond acceptors (Lipinski definition) is 3. The summed E-state index contributed by atoms with van der Waals surface area (Å²) in [5, 5.41) is 0. The normalized spacial score (nSPS) is 11.4. The number of anilines is 1. The second kappa shape index (κ2) is 6.21. The zero-order chi connectivity index (χ0) is 14.6. The second-order valence-electron chi connectivity index (χ2n) is 4.01. The molecular weight excluding hydrogens is 277 g/mol. The number of halogens is 3. The zero-order valence-electron chi connectivity index (χ0n) is 10.6. The van der Waals surface area contributed by atoms with Gasteiger partial charge in [-0.1, -0.05) is 12.2 Å². The third-order valence-corrected chi connectivity index (χ3v) is 2.87. The molecule has 1 rings (SSSR count). The van der Waals surface area contributed by atoms with E-state index in [1.54, 1.807) is 18.0 Å². The standard InChI is InChI=1S/C12H15F3N2OS/c1-17(5-6-18-2)8-3-4-9(11(16)19)10(7-8)12(13,14)15/h3-4,7H,5-6H2,1-2H3,(H2,16,19). The van der Waals surface area contributed by atoms with E-state index in [0.717, 1.165) is 6.07 Å². The molecule has 1 aromatic rings. The first-order chi connectivity index (χ1) is 8.77. The summed E-state index contributed by atoms with van der Waals surface area (Å²) < 4.78 is 43.7. The SMILES string of the molecule is COCCN(C)c1ccc(C(N)=S)c(C(F)(F)F)c1. The number of hydrogen-bond donors (Lipinski definition) is 1. The number of rotatable bonds is 5. The van der Waals surface area contributed by atoms with Gasteiger partial charge in [-0.3, -0.25) is 0 Å². The van der Waals surface area contributed by atoms with Crippen LogP contribution in [-0.2, 0) is 10.9 Å². The van der Waals surface area contributed by atoms with Crippen molar-refractivity contribution < 1.29 is 17.9 Å². The fourth-order valence-electron chi connectivity index (χ4n) is 1.58. The molecule has 0 heterocycles. The lowest BCUT2D eigenvalue weighted by Crippen LogP contribution is -2.24. The minimum Gasteiger partial charge on any atom is -0.389 e. The molecule has 0 aromatic heterocycles. The maximum atomic E-state index is 12.9. The average molecular weight is 292 g/mol. The van der Waals surface area contributed by atoms with Crippen LogP contribution in [0.5, 0.6) is 0 Å². The van der Waals surface area contributed by atoms with Gasteiger partial charge in [0.05, 0.1) is 12.2 Å². The van der Waals surface area contributed by atoms with Crippen LogP contribution in [-0.4, -0.2) is 32.3 Å². The first-order valence-electron chi connectivity index (χ1n) is 5.48. The summed E-state index contributed by atoms with van der Waals surface area (Å²) in [6.07, 6.45) is -4.49. The summed E-state index contributed by atoms with van der Waals surface area (Å²) in [5.74, 6) is 0. The van der Waals surface area contributed by atoms with Crippen molar-refractivity contribution in [3.05, 3.63) is 29.3 Å². The Hall–Kier alpha value is -1.34. The minimum absolute atomic E-state index is 0.161. The molecule has 0 aliphatic rings. The Kier molecular flexibility index (Phi) is 5.13. The van der Waals surface area contributed by atoms with Crippen molar-refractivity contribution in [2.75, 3.05) is 32.2 Å². The molecule has 0 fully saturated rings. The lowest BCUT2D eigenvalue weighted by molar-refractivity contribution is -0.137. The average Bonchev–Trinajstić information content (AvgIpc) is 2.34. The van der Waals surface area contributed by atoms with E-state index in [0.29, 0.717) is 18.8 Å². The van der Waals surface area contributed by atoms with Crippen LogP contribution in [0.4, 0.5) is 18.9 Å². The van der Waals surface area contributed by atoms with Crippen LogP contribution in [0.2, 0.25) is 0 Å². The number of ether oxygens (including phenoxy) is 1. The van der Waals surface area contributed by atoms with E-state index in [1.807, 2.05) is 0 Å². The van der Waals surface area contributed by atoms with Crippen molar-refractivity contribution in [1.82, 2.24) is 0 Å². The highest BCUT2D eigenvalue weighted by Crippen LogP contribution is 2.34. The molecule has 0 radical (unpaired) electrons. The molecule has 1 aromatic carbocycles. The lowest BCUT2D eigenvalue weighted by Gasteiger charge is -2.21. The van der Waals surface area contributed by atoms with Crippen LogP contribution >= 0.6 is 12.2 Å². The van der Waals surface area contributed by atoms with Gasteiger partial charge in [0, 0.05) is 32.0 Å². The Bertz CT molecular complexity index is 463. The van der Waals surface area contributed by atoms with Crippen LogP contribution < -0.4 is 10.6 Å². The van der Waals surface area contributed by atoms with Gasteiger partial charge in [-0.25, -0.2) is 0 Å². The summed E-state index contributed by atoms with van der Waals surface area (Å²) in [5.41, 5.74) is 4.77. The number of alkyl halides is 3. The molecule has 0 saturated heterocycles. The number of nitrogens with two attached hydrogens (primary N) is 1. The zero-order valence-corrected chi connectivity index (χ0v) is 11.4. The Morgan fingerprint density at radius 2 is 2.05 bits per heavy atom. The van der Waals surface area contributed by atoms with Crippen LogP contribution in [0.3, 0.4) is 0 Å². The number of likely N-dealkylation sites (N-methyl/N-ethyl adjacent to an activating group) is 1. The van der Waals surface area contributed by atoms with E-state index in [-0.39, 0.29) is 10.6 Å². The fraction of sp³-hybridized carbons (Fsp3) is 0.417. The van der Waals surface area contributed by atoms with Gasteiger partial charge in [0.25, 0.3) is 0 Å². The molecular formula is C12H15F3N2OS. The smallest absolute Gasteiger partial charge is 0.389 e. The van der Waals surface area contributed by atoms with Crippen LogP contribution in [0.25, 0.3) is 0 Å². The van der Waals surface area contributed by atoms with E-state index in [1.165, 1.54) is 13.2 Å². The van der Waals surface area contributed by atoms with Gasteiger partial charge < -0.3 is 15.4 Å². The fourth-order valence-corrected chi connectivity index (χ4v) is 1.75. The van der Waals surface area contributed by atoms with Crippen LogP contribution in [0.15, 0.2) is 18.2 Å². The largest absolute Gasteiger partial charge is 0.417 e. The maximum absolute atomic E-state index is 12.9. The highest BCUT2D eigenvalue weighted by Gasteiger charge is 2.34. The third-order valence-electron chi connectivity index (χ3n) is 2.65. The molecule has 7 heteroatoms. The van der Waals surface area contributed by atoms with E-state index >= 15 is 0 Å². The van der Waals surface area contributed by atoms with E-state index in [9.17, 15) is 13.2 Å². The highest BCUT2D eigenvalue weighted by molar-refractivity contribution is 7.80. The summed E-state index contributed by atoms with van der Waals surface area (Å²) in [6.45, 7) is 0.912. The van der Waals surface area contributed by atoms with Crippen LogP contribution in [0.1, 0.15) is 11.1 Å².